The van der Waals surface area contributed by atoms with Gasteiger partial charge in [-0.1, -0.05) is 29.3 Å². The summed E-state index contributed by atoms with van der Waals surface area (Å²) in [6, 6.07) is 10.3. The van der Waals surface area contributed by atoms with E-state index in [1.54, 1.807) is 18.2 Å². The van der Waals surface area contributed by atoms with Crippen molar-refractivity contribution in [2.75, 3.05) is 17.7 Å². The Kier molecular flexibility index (Phi) is 6.60. The average Bonchev–Trinajstić information content (AvgIpc) is 2.65. The van der Waals surface area contributed by atoms with Gasteiger partial charge in [0.1, 0.15) is 17.4 Å². The molecule has 0 saturated heterocycles. The molecule has 0 atom stereocenters. The Morgan fingerprint density at radius 3 is 2.67 bits per heavy atom. The number of amides is 1. The molecule has 0 aromatic heterocycles. The molecule has 27 heavy (non-hydrogen) atoms. The largest absolute Gasteiger partial charge is 0.494 e. The van der Waals surface area contributed by atoms with E-state index < -0.39 is 10.8 Å². The van der Waals surface area contributed by atoms with E-state index in [1.807, 2.05) is 0 Å². The van der Waals surface area contributed by atoms with Gasteiger partial charge in [0, 0.05) is 12.3 Å². The fraction of sp³-hybridized carbons (Fsp3) is 0.0588. The second-order valence-electron chi connectivity index (χ2n) is 5.01. The zero-order valence-corrected chi connectivity index (χ0v) is 15.3. The van der Waals surface area contributed by atoms with E-state index >= 15 is 0 Å². The molecule has 0 heterocycles. The van der Waals surface area contributed by atoms with Gasteiger partial charge in [0.2, 0.25) is 0 Å². The molecular weight excluding hydrogens is 395 g/mol. The van der Waals surface area contributed by atoms with E-state index in [0.717, 1.165) is 6.20 Å². The molecule has 2 rings (SSSR count). The Morgan fingerprint density at radius 2 is 2.04 bits per heavy atom. The fourth-order valence-electron chi connectivity index (χ4n) is 2.00. The molecule has 10 heteroatoms. The van der Waals surface area contributed by atoms with Crippen LogP contribution in [0.25, 0.3) is 0 Å². The molecule has 1 amide bonds. The van der Waals surface area contributed by atoms with E-state index in [1.165, 1.54) is 31.4 Å². The van der Waals surface area contributed by atoms with Gasteiger partial charge in [-0.2, -0.15) is 5.26 Å². The highest BCUT2D eigenvalue weighted by Gasteiger charge is 2.14. The maximum absolute atomic E-state index is 12.3. The van der Waals surface area contributed by atoms with E-state index in [-0.39, 0.29) is 32.7 Å². The smallest absolute Gasteiger partial charge is 0.273 e. The van der Waals surface area contributed by atoms with Crippen LogP contribution in [0.5, 0.6) is 5.75 Å². The van der Waals surface area contributed by atoms with Gasteiger partial charge in [-0.3, -0.25) is 14.9 Å². The van der Waals surface area contributed by atoms with Crippen LogP contribution in [0, 0.1) is 21.4 Å². The number of nitriles is 1. The van der Waals surface area contributed by atoms with Crippen molar-refractivity contribution in [3.63, 3.8) is 0 Å². The zero-order valence-electron chi connectivity index (χ0n) is 13.8. The Hall–Kier alpha value is -3.28. The first-order valence-corrected chi connectivity index (χ1v) is 8.07. The van der Waals surface area contributed by atoms with Gasteiger partial charge >= 0.3 is 0 Å². The number of nitrogens with one attached hydrogen (secondary N) is 2. The molecule has 0 fully saturated rings. The van der Waals surface area contributed by atoms with E-state index in [0.29, 0.717) is 5.69 Å². The second kappa shape index (κ2) is 8.89. The summed E-state index contributed by atoms with van der Waals surface area (Å²) in [4.78, 5) is 22.5. The first-order chi connectivity index (χ1) is 12.9. The summed E-state index contributed by atoms with van der Waals surface area (Å²) in [6.07, 6.45) is 1.15. The molecule has 2 N–H and O–H groups in total. The maximum Gasteiger partial charge on any atom is 0.273 e. The lowest BCUT2D eigenvalue weighted by Crippen LogP contribution is -2.15. The number of halogens is 2. The number of benzene rings is 2. The molecule has 0 radical (unpaired) electrons. The van der Waals surface area contributed by atoms with Crippen LogP contribution in [0.3, 0.4) is 0 Å². The first kappa shape index (κ1) is 20.0. The van der Waals surface area contributed by atoms with Crippen molar-refractivity contribution in [3.05, 3.63) is 68.3 Å². The van der Waals surface area contributed by atoms with Crippen molar-refractivity contribution in [2.24, 2.45) is 0 Å². The number of non-ortho nitro benzene ring substituents is 1. The number of nitro groups is 1. The summed E-state index contributed by atoms with van der Waals surface area (Å²) < 4.78 is 5.08. The number of carbonyl (C=O) groups is 1. The monoisotopic (exact) mass is 406 g/mol. The Labute approximate surface area is 164 Å². The van der Waals surface area contributed by atoms with Gasteiger partial charge in [0.05, 0.1) is 39.5 Å². The molecule has 2 aromatic rings. The van der Waals surface area contributed by atoms with Crippen molar-refractivity contribution in [3.8, 4) is 11.8 Å². The minimum absolute atomic E-state index is 0.148. The number of anilines is 2. The third kappa shape index (κ3) is 4.88. The van der Waals surface area contributed by atoms with E-state index in [2.05, 4.69) is 10.6 Å². The van der Waals surface area contributed by atoms with Crippen LogP contribution in [0.2, 0.25) is 10.0 Å². The van der Waals surface area contributed by atoms with Crippen LogP contribution in [0.4, 0.5) is 17.1 Å². The predicted octanol–water partition coefficient (Wildman–Crippen LogP) is 4.37. The van der Waals surface area contributed by atoms with Gasteiger partial charge < -0.3 is 15.4 Å². The number of hydrogen-bond donors (Lipinski definition) is 2. The molecular formula is C17H12Cl2N4O4. The Morgan fingerprint density at radius 1 is 1.30 bits per heavy atom. The molecule has 0 bridgehead atoms. The normalized spacial score (nSPS) is 10.7. The number of ether oxygens (including phenoxy) is 1. The summed E-state index contributed by atoms with van der Waals surface area (Å²) in [5, 5.41) is 25.6. The minimum atomic E-state index is -0.713. The van der Waals surface area contributed by atoms with Gasteiger partial charge in [0.15, 0.2) is 0 Å². The second-order valence-corrected chi connectivity index (χ2v) is 5.80. The van der Waals surface area contributed by atoms with Crippen LogP contribution >= 0.6 is 23.2 Å². The number of nitro benzene ring substituents is 1. The van der Waals surface area contributed by atoms with Crippen LogP contribution < -0.4 is 15.4 Å². The minimum Gasteiger partial charge on any atom is -0.494 e. The van der Waals surface area contributed by atoms with Gasteiger partial charge in [-0.05, 0) is 18.2 Å². The highest BCUT2D eigenvalue weighted by atomic mass is 35.5. The number of nitrogens with zero attached hydrogens (tertiary/aromatic N) is 2. The molecule has 0 aliphatic rings. The van der Waals surface area contributed by atoms with Crippen molar-refractivity contribution >= 4 is 46.2 Å². The molecule has 8 nitrogen and oxygen atoms in total. The summed E-state index contributed by atoms with van der Waals surface area (Å²) in [6.45, 7) is 0. The quantitative estimate of drug-likeness (QED) is 0.318. The third-order valence-corrected chi connectivity index (χ3v) is 4.15. The van der Waals surface area contributed by atoms with Crippen molar-refractivity contribution in [1.29, 1.82) is 5.26 Å². The Balaban J connectivity index is 2.21. The predicted molar refractivity (Wildman–Crippen MR) is 102 cm³/mol. The SMILES string of the molecule is COc1cc([N+](=O)[O-])ccc1N/C=C(/C#N)C(=O)Nc1cccc(Cl)c1Cl. The molecule has 2 aromatic carbocycles. The van der Waals surface area contributed by atoms with Gasteiger partial charge in [0.25, 0.3) is 11.6 Å². The molecule has 0 aliphatic carbocycles. The molecule has 0 aliphatic heterocycles. The number of rotatable bonds is 6. The average molecular weight is 407 g/mol. The molecule has 0 spiro atoms. The highest BCUT2D eigenvalue weighted by molar-refractivity contribution is 6.44. The Bertz CT molecular complexity index is 970. The standard InChI is InChI=1S/C17H12Cl2N4O4/c1-27-15-7-11(23(25)26)5-6-13(15)21-9-10(8-20)17(24)22-14-4-2-3-12(18)16(14)19/h2-7,9,21H,1H3,(H,22,24)/b10-9-. The maximum atomic E-state index is 12.3. The summed E-state index contributed by atoms with van der Waals surface area (Å²) in [5.41, 5.74) is 0.175. The van der Waals surface area contributed by atoms with Crippen LogP contribution in [-0.2, 0) is 4.79 Å². The lowest BCUT2D eigenvalue weighted by molar-refractivity contribution is -0.384. The number of carbonyl (C=O) groups excluding carboxylic acids is 1. The molecule has 138 valence electrons. The number of hydrogen-bond acceptors (Lipinski definition) is 6. The molecule has 0 saturated carbocycles. The van der Waals surface area contributed by atoms with Crippen molar-refractivity contribution in [2.45, 2.75) is 0 Å². The summed E-state index contributed by atoms with van der Waals surface area (Å²) in [7, 11) is 1.34. The molecule has 0 unspecified atom stereocenters. The number of methoxy groups -OCH3 is 1. The lowest BCUT2D eigenvalue weighted by atomic mass is 10.2. The zero-order chi connectivity index (χ0) is 20.0. The van der Waals surface area contributed by atoms with Crippen molar-refractivity contribution in [1.82, 2.24) is 0 Å². The van der Waals surface area contributed by atoms with Crippen LogP contribution in [0.1, 0.15) is 0 Å². The van der Waals surface area contributed by atoms with E-state index in [4.69, 9.17) is 27.9 Å². The van der Waals surface area contributed by atoms with Gasteiger partial charge in [-0.15, -0.1) is 0 Å². The lowest BCUT2D eigenvalue weighted by Gasteiger charge is -2.09. The fourth-order valence-corrected chi connectivity index (χ4v) is 2.35. The first-order valence-electron chi connectivity index (χ1n) is 7.32. The summed E-state index contributed by atoms with van der Waals surface area (Å²) >= 11 is 11.9. The summed E-state index contributed by atoms with van der Waals surface area (Å²) in [5.74, 6) is -0.536. The highest BCUT2D eigenvalue weighted by Crippen LogP contribution is 2.30. The third-order valence-electron chi connectivity index (χ3n) is 3.33. The van der Waals surface area contributed by atoms with Crippen LogP contribution in [-0.4, -0.2) is 17.9 Å². The van der Waals surface area contributed by atoms with Crippen LogP contribution in [0.15, 0.2) is 48.2 Å². The van der Waals surface area contributed by atoms with Crippen molar-refractivity contribution < 1.29 is 14.5 Å². The topological polar surface area (TPSA) is 117 Å². The van der Waals surface area contributed by atoms with E-state index in [9.17, 15) is 20.2 Å². The van der Waals surface area contributed by atoms with Gasteiger partial charge in [-0.25, -0.2) is 0 Å².